The molecule has 1 unspecified atom stereocenters. The lowest BCUT2D eigenvalue weighted by Crippen LogP contribution is -2.49. The van der Waals surface area contributed by atoms with Crippen LogP contribution in [0.15, 0.2) is 29.7 Å². The smallest absolute Gasteiger partial charge is 0.357 e. The molecular formula is C18H19FN4O4. The van der Waals surface area contributed by atoms with Crippen molar-refractivity contribution in [2.24, 2.45) is 0 Å². The number of amides is 1. The van der Waals surface area contributed by atoms with Crippen LogP contribution in [0.2, 0.25) is 0 Å². The van der Waals surface area contributed by atoms with Gasteiger partial charge in [-0.1, -0.05) is 6.07 Å². The van der Waals surface area contributed by atoms with E-state index in [1.165, 1.54) is 19.2 Å². The number of ether oxygens (including phenoxy) is 1. The Morgan fingerprint density at radius 2 is 2.11 bits per heavy atom. The van der Waals surface area contributed by atoms with Crippen LogP contribution in [-0.2, 0) is 14.3 Å². The maximum atomic E-state index is 14.1. The number of halogens is 1. The Hall–Kier alpha value is -3.12. The van der Waals surface area contributed by atoms with Gasteiger partial charge in [0, 0.05) is 7.05 Å². The quantitative estimate of drug-likeness (QED) is 0.715. The third-order valence-corrected chi connectivity index (χ3v) is 4.60. The van der Waals surface area contributed by atoms with Gasteiger partial charge in [0.15, 0.2) is 5.70 Å². The fourth-order valence-corrected chi connectivity index (χ4v) is 3.28. The fourth-order valence-electron chi connectivity index (χ4n) is 3.28. The molecule has 1 saturated heterocycles. The molecule has 1 aromatic carbocycles. The summed E-state index contributed by atoms with van der Waals surface area (Å²) >= 11 is 0. The third-order valence-electron chi connectivity index (χ3n) is 4.60. The highest BCUT2D eigenvalue weighted by Gasteiger charge is 2.40. The predicted octanol–water partition coefficient (Wildman–Crippen LogP) is 0.822. The fraction of sp³-hybridized carbons (Fsp3) is 0.389. The molecule has 1 amide bonds. The maximum absolute atomic E-state index is 14.1. The molecule has 0 bridgehead atoms. The molecule has 27 heavy (non-hydrogen) atoms. The Bertz CT molecular complexity index is 842. The van der Waals surface area contributed by atoms with Crippen LogP contribution in [0.25, 0.3) is 0 Å². The largest absolute Gasteiger partial charge is 0.491 e. The van der Waals surface area contributed by atoms with E-state index in [0.29, 0.717) is 12.8 Å². The number of aliphatic carboxylic acids is 1. The SMILES string of the molecule is CN1NC(=O)C(c2ccc(C#N)c(F)c2)C(OC2CCNCC2)=C1C(=O)O. The van der Waals surface area contributed by atoms with Crippen molar-refractivity contribution >= 4 is 11.9 Å². The number of benzene rings is 1. The maximum Gasteiger partial charge on any atom is 0.357 e. The van der Waals surface area contributed by atoms with E-state index in [9.17, 15) is 19.1 Å². The second kappa shape index (κ2) is 7.63. The Balaban J connectivity index is 2.07. The van der Waals surface area contributed by atoms with Gasteiger partial charge in [0.25, 0.3) is 5.91 Å². The molecule has 9 heteroatoms. The van der Waals surface area contributed by atoms with E-state index >= 15 is 0 Å². The standard InChI is InChI=1S/C18H19FN4O4/c1-23-15(18(25)26)16(27-12-4-6-21-7-5-12)14(17(24)22-23)10-2-3-11(9-20)13(19)8-10/h2-3,8,12,14,21H,4-7H2,1H3,(H,22,24)(H,25,26). The van der Waals surface area contributed by atoms with Crippen molar-refractivity contribution in [3.63, 3.8) is 0 Å². The van der Waals surface area contributed by atoms with E-state index in [-0.39, 0.29) is 28.7 Å². The van der Waals surface area contributed by atoms with Gasteiger partial charge in [0.1, 0.15) is 29.7 Å². The van der Waals surface area contributed by atoms with Gasteiger partial charge >= 0.3 is 5.97 Å². The second-order valence-electron chi connectivity index (χ2n) is 6.40. The molecule has 3 rings (SSSR count). The lowest BCUT2D eigenvalue weighted by atomic mass is 9.92. The van der Waals surface area contributed by atoms with Crippen molar-refractivity contribution < 1.29 is 23.8 Å². The van der Waals surface area contributed by atoms with Crippen LogP contribution in [-0.4, -0.2) is 48.2 Å². The Morgan fingerprint density at radius 1 is 1.41 bits per heavy atom. The summed E-state index contributed by atoms with van der Waals surface area (Å²) in [4.78, 5) is 24.4. The van der Waals surface area contributed by atoms with Gasteiger partial charge in [-0.2, -0.15) is 5.26 Å². The van der Waals surface area contributed by atoms with Gasteiger partial charge in [0.05, 0.1) is 5.56 Å². The van der Waals surface area contributed by atoms with E-state index in [1.54, 1.807) is 6.07 Å². The third kappa shape index (κ3) is 3.71. The molecule has 3 N–H and O–H groups in total. The van der Waals surface area contributed by atoms with E-state index in [2.05, 4.69) is 10.7 Å². The molecule has 0 aromatic heterocycles. The van der Waals surface area contributed by atoms with E-state index in [0.717, 1.165) is 24.2 Å². The Morgan fingerprint density at radius 3 is 2.70 bits per heavy atom. The number of nitrogens with one attached hydrogen (secondary N) is 2. The molecular weight excluding hydrogens is 355 g/mol. The van der Waals surface area contributed by atoms with Crippen LogP contribution in [0.5, 0.6) is 0 Å². The summed E-state index contributed by atoms with van der Waals surface area (Å²) < 4.78 is 20.1. The van der Waals surface area contributed by atoms with Gasteiger partial charge in [-0.15, -0.1) is 0 Å². The van der Waals surface area contributed by atoms with Crippen LogP contribution >= 0.6 is 0 Å². The number of hydrogen-bond acceptors (Lipinski definition) is 6. The zero-order valence-corrected chi connectivity index (χ0v) is 14.7. The number of piperidine rings is 1. The summed E-state index contributed by atoms with van der Waals surface area (Å²) in [5.74, 6) is -3.72. The molecule has 2 aliphatic heterocycles. The van der Waals surface area contributed by atoms with Crippen molar-refractivity contribution in [1.29, 1.82) is 5.26 Å². The minimum Gasteiger partial charge on any atom is -0.491 e. The summed E-state index contributed by atoms with van der Waals surface area (Å²) in [6.07, 6.45) is 1.08. The topological polar surface area (TPSA) is 115 Å². The molecule has 1 fully saturated rings. The number of nitriles is 1. The summed E-state index contributed by atoms with van der Waals surface area (Å²) in [7, 11) is 1.41. The molecule has 0 spiro atoms. The predicted molar refractivity (Wildman–Crippen MR) is 91.4 cm³/mol. The molecule has 0 saturated carbocycles. The average Bonchev–Trinajstić information content (AvgIpc) is 2.62. The first-order valence-corrected chi connectivity index (χ1v) is 8.51. The van der Waals surface area contributed by atoms with Gasteiger partial charge < -0.3 is 15.2 Å². The highest BCUT2D eigenvalue weighted by atomic mass is 19.1. The summed E-state index contributed by atoms with van der Waals surface area (Å²) in [5.41, 5.74) is 2.31. The molecule has 0 aliphatic carbocycles. The first-order valence-electron chi connectivity index (χ1n) is 8.51. The summed E-state index contributed by atoms with van der Waals surface area (Å²) in [6, 6.07) is 5.48. The summed E-state index contributed by atoms with van der Waals surface area (Å²) in [6.45, 7) is 1.44. The van der Waals surface area contributed by atoms with Crippen LogP contribution in [0, 0.1) is 17.1 Å². The number of hydrazine groups is 1. The van der Waals surface area contributed by atoms with Crippen LogP contribution in [0.4, 0.5) is 4.39 Å². The molecule has 0 radical (unpaired) electrons. The van der Waals surface area contributed by atoms with Crippen molar-refractivity contribution in [3.05, 3.63) is 46.6 Å². The van der Waals surface area contributed by atoms with Crippen molar-refractivity contribution in [2.45, 2.75) is 24.9 Å². The van der Waals surface area contributed by atoms with E-state index in [4.69, 9.17) is 10.00 Å². The average molecular weight is 374 g/mol. The number of carbonyl (C=O) groups excluding carboxylic acids is 1. The number of likely N-dealkylation sites (N-methyl/N-ethyl adjacent to an activating group) is 1. The molecule has 1 atom stereocenters. The zero-order chi connectivity index (χ0) is 19.6. The number of carboxylic acid groups (broad SMARTS) is 1. The normalized spacial score (nSPS) is 20.9. The van der Waals surface area contributed by atoms with E-state index in [1.807, 2.05) is 0 Å². The number of rotatable bonds is 4. The number of carbonyl (C=O) groups is 2. The van der Waals surface area contributed by atoms with Gasteiger partial charge in [-0.3, -0.25) is 15.2 Å². The lowest BCUT2D eigenvalue weighted by Gasteiger charge is -2.36. The van der Waals surface area contributed by atoms with Crippen LogP contribution in [0.3, 0.4) is 0 Å². The first-order chi connectivity index (χ1) is 12.9. The molecule has 142 valence electrons. The van der Waals surface area contributed by atoms with Gasteiger partial charge in [0.2, 0.25) is 0 Å². The lowest BCUT2D eigenvalue weighted by molar-refractivity contribution is -0.138. The number of carboxylic acids is 1. The first kappa shape index (κ1) is 18.7. The van der Waals surface area contributed by atoms with Gasteiger partial charge in [-0.25, -0.2) is 9.18 Å². The minimum absolute atomic E-state index is 0.0234. The number of nitrogens with zero attached hydrogens (tertiary/aromatic N) is 2. The highest BCUT2D eigenvalue weighted by Crippen LogP contribution is 2.34. The zero-order valence-electron chi connectivity index (χ0n) is 14.7. The summed E-state index contributed by atoms with van der Waals surface area (Å²) in [5, 5.41) is 22.8. The van der Waals surface area contributed by atoms with Crippen molar-refractivity contribution in [3.8, 4) is 6.07 Å². The second-order valence-corrected chi connectivity index (χ2v) is 6.40. The van der Waals surface area contributed by atoms with E-state index < -0.39 is 23.6 Å². The monoisotopic (exact) mass is 374 g/mol. The molecule has 2 heterocycles. The van der Waals surface area contributed by atoms with Crippen molar-refractivity contribution in [1.82, 2.24) is 15.8 Å². The van der Waals surface area contributed by atoms with Crippen LogP contribution < -0.4 is 10.7 Å². The number of hydrogen-bond donors (Lipinski definition) is 3. The molecule has 8 nitrogen and oxygen atoms in total. The Labute approximate surface area is 155 Å². The Kier molecular flexibility index (Phi) is 5.28. The van der Waals surface area contributed by atoms with Crippen LogP contribution in [0.1, 0.15) is 29.9 Å². The van der Waals surface area contributed by atoms with Crippen molar-refractivity contribution in [2.75, 3.05) is 20.1 Å². The molecule has 2 aliphatic rings. The minimum atomic E-state index is -1.26. The highest BCUT2D eigenvalue weighted by molar-refractivity contribution is 5.94. The van der Waals surface area contributed by atoms with Gasteiger partial charge in [-0.05, 0) is 43.6 Å². The molecule has 1 aromatic rings.